The van der Waals surface area contributed by atoms with Gasteiger partial charge in [0, 0.05) is 13.1 Å². The molecule has 4 nitrogen and oxygen atoms in total. The highest BCUT2D eigenvalue weighted by atomic mass is 15.1. The molecule has 18 heavy (non-hydrogen) atoms. The van der Waals surface area contributed by atoms with Gasteiger partial charge in [0.1, 0.15) is 5.54 Å². The van der Waals surface area contributed by atoms with E-state index < -0.39 is 0 Å². The van der Waals surface area contributed by atoms with E-state index in [1.165, 1.54) is 0 Å². The molecule has 0 aliphatic rings. The molecule has 0 rings (SSSR count). The summed E-state index contributed by atoms with van der Waals surface area (Å²) in [5.74, 6) is 0. The molecular formula is C14H30N4. The highest BCUT2D eigenvalue weighted by Crippen LogP contribution is 2.11. The van der Waals surface area contributed by atoms with Crippen LogP contribution < -0.4 is 5.32 Å². The van der Waals surface area contributed by atoms with Gasteiger partial charge < -0.3 is 9.80 Å². The molecule has 0 bridgehead atoms. The zero-order valence-electron chi connectivity index (χ0n) is 12.8. The number of nitriles is 1. The molecule has 1 N–H and O–H groups in total. The van der Waals surface area contributed by atoms with Gasteiger partial charge in [0.2, 0.25) is 0 Å². The Kier molecular flexibility index (Phi) is 8.99. The summed E-state index contributed by atoms with van der Waals surface area (Å²) < 4.78 is 0. The molecule has 0 spiro atoms. The Labute approximate surface area is 113 Å². The first-order chi connectivity index (χ1) is 8.43. The third kappa shape index (κ3) is 8.46. The van der Waals surface area contributed by atoms with Crippen molar-refractivity contribution >= 4 is 0 Å². The predicted octanol–water partition coefficient (Wildman–Crippen LogP) is 1.54. The molecule has 106 valence electrons. The normalized spacial score (nSPS) is 14.8. The van der Waals surface area contributed by atoms with E-state index in [-0.39, 0.29) is 5.54 Å². The molecule has 1 unspecified atom stereocenters. The summed E-state index contributed by atoms with van der Waals surface area (Å²) in [6.07, 6.45) is 3.04. The SMILES string of the molecule is CCCNC(C)(C#N)CCCN(C)CCN(C)C. The number of nitrogens with zero attached hydrogens (tertiary/aromatic N) is 3. The van der Waals surface area contributed by atoms with Crippen LogP contribution in [-0.4, -0.2) is 62.7 Å². The standard InChI is InChI=1S/C14H30N4/c1-6-9-16-14(2,13-15)8-7-10-18(5)12-11-17(3)4/h16H,6-12H2,1-5H3. The highest BCUT2D eigenvalue weighted by molar-refractivity contribution is 5.03. The van der Waals surface area contributed by atoms with E-state index in [4.69, 9.17) is 0 Å². The number of likely N-dealkylation sites (N-methyl/N-ethyl adjacent to an activating group) is 2. The summed E-state index contributed by atoms with van der Waals surface area (Å²) in [5.41, 5.74) is -0.363. The molecule has 4 heteroatoms. The average Bonchev–Trinajstić information content (AvgIpc) is 2.34. The van der Waals surface area contributed by atoms with Crippen LogP contribution in [-0.2, 0) is 0 Å². The topological polar surface area (TPSA) is 42.3 Å². The van der Waals surface area contributed by atoms with Gasteiger partial charge >= 0.3 is 0 Å². The fourth-order valence-corrected chi connectivity index (χ4v) is 1.77. The van der Waals surface area contributed by atoms with Gasteiger partial charge in [0.15, 0.2) is 0 Å². The summed E-state index contributed by atoms with van der Waals surface area (Å²) in [7, 11) is 6.33. The molecular weight excluding hydrogens is 224 g/mol. The quantitative estimate of drug-likeness (QED) is 0.642. The molecule has 0 radical (unpaired) electrons. The summed E-state index contributed by atoms with van der Waals surface area (Å²) >= 11 is 0. The van der Waals surface area contributed by atoms with E-state index in [2.05, 4.69) is 49.3 Å². The maximum Gasteiger partial charge on any atom is 0.103 e. The molecule has 0 aromatic carbocycles. The molecule has 1 atom stereocenters. The van der Waals surface area contributed by atoms with Gasteiger partial charge in [-0.05, 0) is 60.4 Å². The smallest absolute Gasteiger partial charge is 0.103 e. The Hall–Kier alpha value is -0.630. The molecule has 0 saturated heterocycles. The summed E-state index contributed by atoms with van der Waals surface area (Å²) in [6, 6.07) is 2.40. The molecule has 0 aromatic heterocycles. The third-order valence-electron chi connectivity index (χ3n) is 3.16. The van der Waals surface area contributed by atoms with E-state index in [0.29, 0.717) is 0 Å². The van der Waals surface area contributed by atoms with Crippen molar-refractivity contribution in [1.29, 1.82) is 5.26 Å². The molecule has 0 aromatic rings. The monoisotopic (exact) mass is 254 g/mol. The molecule has 0 amide bonds. The Morgan fingerprint density at radius 2 is 1.83 bits per heavy atom. The van der Waals surface area contributed by atoms with Gasteiger partial charge in [-0.3, -0.25) is 5.32 Å². The van der Waals surface area contributed by atoms with Crippen molar-refractivity contribution in [2.24, 2.45) is 0 Å². The van der Waals surface area contributed by atoms with Gasteiger partial charge in [-0.25, -0.2) is 0 Å². The van der Waals surface area contributed by atoms with Crippen LogP contribution in [0.1, 0.15) is 33.1 Å². The summed E-state index contributed by atoms with van der Waals surface area (Å²) in [5, 5.41) is 12.6. The van der Waals surface area contributed by atoms with E-state index in [1.807, 2.05) is 6.92 Å². The largest absolute Gasteiger partial charge is 0.308 e. The Morgan fingerprint density at radius 1 is 1.17 bits per heavy atom. The second-order valence-electron chi connectivity index (χ2n) is 5.58. The van der Waals surface area contributed by atoms with Gasteiger partial charge in [-0.15, -0.1) is 0 Å². The second-order valence-corrected chi connectivity index (χ2v) is 5.58. The van der Waals surface area contributed by atoms with Crippen molar-refractivity contribution in [1.82, 2.24) is 15.1 Å². The number of hydrogen-bond acceptors (Lipinski definition) is 4. The van der Waals surface area contributed by atoms with Crippen LogP contribution in [0, 0.1) is 11.3 Å². The van der Waals surface area contributed by atoms with E-state index >= 15 is 0 Å². The van der Waals surface area contributed by atoms with Crippen molar-refractivity contribution in [3.63, 3.8) is 0 Å². The fourth-order valence-electron chi connectivity index (χ4n) is 1.77. The lowest BCUT2D eigenvalue weighted by Crippen LogP contribution is -2.42. The van der Waals surface area contributed by atoms with Crippen LogP contribution in [0.25, 0.3) is 0 Å². The minimum absolute atomic E-state index is 0.363. The lowest BCUT2D eigenvalue weighted by atomic mass is 9.97. The van der Waals surface area contributed by atoms with Gasteiger partial charge in [-0.2, -0.15) is 5.26 Å². The lowest BCUT2D eigenvalue weighted by Gasteiger charge is -2.25. The fraction of sp³-hybridized carbons (Fsp3) is 0.929. The zero-order valence-corrected chi connectivity index (χ0v) is 12.8. The van der Waals surface area contributed by atoms with Crippen LogP contribution >= 0.6 is 0 Å². The first kappa shape index (κ1) is 17.4. The Morgan fingerprint density at radius 3 is 2.33 bits per heavy atom. The Balaban J connectivity index is 3.83. The van der Waals surface area contributed by atoms with E-state index in [0.717, 1.165) is 45.4 Å². The molecule has 0 aliphatic heterocycles. The van der Waals surface area contributed by atoms with Crippen LogP contribution in [0.15, 0.2) is 0 Å². The minimum atomic E-state index is -0.363. The maximum absolute atomic E-state index is 9.22. The van der Waals surface area contributed by atoms with E-state index in [1.54, 1.807) is 0 Å². The van der Waals surface area contributed by atoms with Crippen molar-refractivity contribution in [2.45, 2.75) is 38.6 Å². The molecule has 0 fully saturated rings. The highest BCUT2D eigenvalue weighted by Gasteiger charge is 2.21. The number of nitrogens with one attached hydrogen (secondary N) is 1. The van der Waals surface area contributed by atoms with Gasteiger partial charge in [0.05, 0.1) is 6.07 Å². The molecule has 0 saturated carbocycles. The first-order valence-corrected chi connectivity index (χ1v) is 6.93. The predicted molar refractivity (Wildman–Crippen MR) is 77.6 cm³/mol. The third-order valence-corrected chi connectivity index (χ3v) is 3.16. The Bertz CT molecular complexity index is 247. The maximum atomic E-state index is 9.22. The van der Waals surface area contributed by atoms with Crippen molar-refractivity contribution in [3.05, 3.63) is 0 Å². The number of rotatable bonds is 10. The zero-order chi connectivity index (χ0) is 14.0. The van der Waals surface area contributed by atoms with Crippen molar-refractivity contribution < 1.29 is 0 Å². The van der Waals surface area contributed by atoms with Crippen molar-refractivity contribution in [3.8, 4) is 6.07 Å². The lowest BCUT2D eigenvalue weighted by molar-refractivity contribution is 0.268. The van der Waals surface area contributed by atoms with Crippen molar-refractivity contribution in [2.75, 3.05) is 47.3 Å². The minimum Gasteiger partial charge on any atom is -0.308 e. The van der Waals surface area contributed by atoms with Gasteiger partial charge in [-0.1, -0.05) is 6.92 Å². The first-order valence-electron chi connectivity index (χ1n) is 6.93. The van der Waals surface area contributed by atoms with Crippen LogP contribution in [0.3, 0.4) is 0 Å². The molecule has 0 heterocycles. The summed E-state index contributed by atoms with van der Waals surface area (Å²) in [6.45, 7) is 8.26. The van der Waals surface area contributed by atoms with Crippen LogP contribution in [0.2, 0.25) is 0 Å². The van der Waals surface area contributed by atoms with E-state index in [9.17, 15) is 5.26 Å². The van der Waals surface area contributed by atoms with Gasteiger partial charge in [0.25, 0.3) is 0 Å². The average molecular weight is 254 g/mol. The number of hydrogen-bond donors (Lipinski definition) is 1. The summed E-state index contributed by atoms with van der Waals surface area (Å²) in [4.78, 5) is 4.52. The van der Waals surface area contributed by atoms with Crippen LogP contribution in [0.5, 0.6) is 0 Å². The molecule has 0 aliphatic carbocycles. The second kappa shape index (κ2) is 9.32. The van der Waals surface area contributed by atoms with Crippen LogP contribution in [0.4, 0.5) is 0 Å².